The fourth-order valence-electron chi connectivity index (χ4n) is 2.38. The van der Waals surface area contributed by atoms with E-state index in [4.69, 9.17) is 4.42 Å². The van der Waals surface area contributed by atoms with Crippen LogP contribution in [0.4, 0.5) is 0 Å². The number of nitrogens with zero attached hydrogens (tertiary/aromatic N) is 4. The predicted molar refractivity (Wildman–Crippen MR) is 82.8 cm³/mol. The molecule has 7 heteroatoms. The Kier molecular flexibility index (Phi) is 6.68. The second-order valence-corrected chi connectivity index (χ2v) is 5.49. The van der Waals surface area contributed by atoms with E-state index in [1.807, 2.05) is 12.1 Å². The van der Waals surface area contributed by atoms with Gasteiger partial charge in [-0.15, -0.1) is 10.2 Å². The van der Waals surface area contributed by atoms with Gasteiger partial charge in [-0.25, -0.2) is 5.06 Å². The van der Waals surface area contributed by atoms with Crippen molar-refractivity contribution in [2.45, 2.75) is 44.9 Å². The van der Waals surface area contributed by atoms with Crippen LogP contribution in [0.25, 0.3) is 0 Å². The maximum absolute atomic E-state index is 10.7. The number of rotatable bonds is 10. The van der Waals surface area contributed by atoms with Crippen LogP contribution in [-0.2, 0) is 11.2 Å². The van der Waals surface area contributed by atoms with E-state index in [2.05, 4.69) is 22.1 Å². The first kappa shape index (κ1) is 17.1. The molecule has 0 saturated heterocycles. The lowest BCUT2D eigenvalue weighted by Gasteiger charge is -2.16. The van der Waals surface area contributed by atoms with Gasteiger partial charge in [0.1, 0.15) is 0 Å². The van der Waals surface area contributed by atoms with Crippen LogP contribution in [0, 0.1) is 0 Å². The van der Waals surface area contributed by atoms with Gasteiger partial charge in [-0.1, -0.05) is 32.3 Å². The molecule has 0 aliphatic carbocycles. The lowest BCUT2D eigenvalue weighted by Crippen LogP contribution is -2.24. The van der Waals surface area contributed by atoms with Crippen LogP contribution in [0.1, 0.15) is 55.9 Å². The third-order valence-electron chi connectivity index (χ3n) is 3.60. The van der Waals surface area contributed by atoms with Crippen LogP contribution in [-0.4, -0.2) is 38.4 Å². The maximum Gasteiger partial charge on any atom is 0.233 e. The number of carbonyl (C=O) groups is 1. The minimum Gasteiger partial charge on any atom is -0.425 e. The standard InChI is InChI=1S/C16H22N4O3/c1-2-3-4-7-14(11-20(22)12-21)16-19-18-15(23-16)9-13-6-5-8-17-10-13/h5-6,8,10,12,14,22H,2-4,7,9,11H2,1H3/t14-/m0/s1. The minimum absolute atomic E-state index is 0.155. The average Bonchev–Trinajstić information content (AvgIpc) is 3.03. The highest BCUT2D eigenvalue weighted by Gasteiger charge is 2.21. The van der Waals surface area contributed by atoms with Crippen LogP contribution in [0.3, 0.4) is 0 Å². The summed E-state index contributed by atoms with van der Waals surface area (Å²) in [6, 6.07) is 3.80. The first-order valence-corrected chi connectivity index (χ1v) is 7.85. The number of hydroxylamine groups is 2. The SMILES string of the molecule is CCCCC[C@@H](CN(O)C=O)c1nnc(Cc2cccnc2)o1. The topological polar surface area (TPSA) is 92.3 Å². The number of unbranched alkanes of at least 4 members (excludes halogenated alkanes) is 2. The van der Waals surface area contributed by atoms with Crippen molar-refractivity contribution in [1.29, 1.82) is 0 Å². The van der Waals surface area contributed by atoms with Gasteiger partial charge in [0, 0.05) is 12.4 Å². The van der Waals surface area contributed by atoms with E-state index in [0.29, 0.717) is 29.7 Å². The molecule has 2 heterocycles. The zero-order valence-electron chi connectivity index (χ0n) is 13.3. The van der Waals surface area contributed by atoms with Gasteiger partial charge in [0.2, 0.25) is 18.2 Å². The highest BCUT2D eigenvalue weighted by Crippen LogP contribution is 2.23. The molecule has 0 aromatic carbocycles. The van der Waals surface area contributed by atoms with Crippen molar-refractivity contribution in [2.75, 3.05) is 6.54 Å². The summed E-state index contributed by atoms with van der Waals surface area (Å²) in [6.45, 7) is 2.28. The molecule has 0 radical (unpaired) electrons. The van der Waals surface area contributed by atoms with Gasteiger partial charge in [-0.3, -0.25) is 15.0 Å². The van der Waals surface area contributed by atoms with Crippen LogP contribution < -0.4 is 0 Å². The molecule has 0 spiro atoms. The van der Waals surface area contributed by atoms with Crippen molar-refractivity contribution in [3.8, 4) is 0 Å². The van der Waals surface area contributed by atoms with E-state index in [1.54, 1.807) is 12.4 Å². The van der Waals surface area contributed by atoms with Gasteiger partial charge in [-0.05, 0) is 18.1 Å². The summed E-state index contributed by atoms with van der Waals surface area (Å²) in [5.74, 6) is 0.803. The van der Waals surface area contributed by atoms with Crippen LogP contribution in [0.5, 0.6) is 0 Å². The third kappa shape index (κ3) is 5.45. The van der Waals surface area contributed by atoms with Crippen molar-refractivity contribution >= 4 is 6.41 Å². The summed E-state index contributed by atoms with van der Waals surface area (Å²) >= 11 is 0. The van der Waals surface area contributed by atoms with E-state index in [9.17, 15) is 10.0 Å². The Labute approximate surface area is 135 Å². The fourth-order valence-corrected chi connectivity index (χ4v) is 2.38. The van der Waals surface area contributed by atoms with E-state index >= 15 is 0 Å². The predicted octanol–water partition coefficient (Wildman–Crippen LogP) is 2.57. The monoisotopic (exact) mass is 318 g/mol. The number of pyridine rings is 1. The summed E-state index contributed by atoms with van der Waals surface area (Å²) in [5.41, 5.74) is 0.988. The minimum atomic E-state index is -0.160. The van der Waals surface area contributed by atoms with Gasteiger partial charge < -0.3 is 4.42 Å². The third-order valence-corrected chi connectivity index (χ3v) is 3.60. The first-order valence-electron chi connectivity index (χ1n) is 7.85. The Morgan fingerprint density at radius 3 is 2.96 bits per heavy atom. The maximum atomic E-state index is 10.7. The molecule has 7 nitrogen and oxygen atoms in total. The Morgan fingerprint density at radius 2 is 2.26 bits per heavy atom. The molecule has 0 aliphatic rings. The fraction of sp³-hybridized carbons (Fsp3) is 0.500. The molecule has 1 atom stereocenters. The zero-order valence-corrected chi connectivity index (χ0v) is 13.3. The lowest BCUT2D eigenvalue weighted by molar-refractivity contribution is -0.151. The van der Waals surface area contributed by atoms with Gasteiger partial charge >= 0.3 is 0 Å². The van der Waals surface area contributed by atoms with Crippen molar-refractivity contribution < 1.29 is 14.4 Å². The van der Waals surface area contributed by atoms with Crippen molar-refractivity contribution in [3.05, 3.63) is 41.9 Å². The molecule has 2 aromatic heterocycles. The molecule has 2 aromatic rings. The summed E-state index contributed by atoms with van der Waals surface area (Å²) < 4.78 is 5.72. The van der Waals surface area contributed by atoms with E-state index in [0.717, 1.165) is 31.2 Å². The van der Waals surface area contributed by atoms with E-state index in [1.165, 1.54) is 0 Å². The molecular weight excluding hydrogens is 296 g/mol. The first-order chi connectivity index (χ1) is 11.2. The summed E-state index contributed by atoms with van der Waals surface area (Å²) in [4.78, 5) is 14.7. The van der Waals surface area contributed by atoms with Gasteiger partial charge in [0.05, 0.1) is 18.9 Å². The van der Waals surface area contributed by atoms with Crippen LogP contribution in [0.2, 0.25) is 0 Å². The highest BCUT2D eigenvalue weighted by molar-refractivity contribution is 5.44. The molecule has 1 amide bonds. The molecule has 124 valence electrons. The molecule has 0 saturated carbocycles. The molecule has 0 bridgehead atoms. The quantitative estimate of drug-likeness (QED) is 0.313. The smallest absolute Gasteiger partial charge is 0.233 e. The van der Waals surface area contributed by atoms with Gasteiger partial charge in [-0.2, -0.15) is 0 Å². The summed E-state index contributed by atoms with van der Waals surface area (Å²) in [5, 5.41) is 18.2. The lowest BCUT2D eigenvalue weighted by atomic mass is 10.0. The molecule has 1 N–H and O–H groups in total. The molecule has 0 aliphatic heterocycles. The number of hydrogen-bond donors (Lipinski definition) is 1. The largest absolute Gasteiger partial charge is 0.425 e. The van der Waals surface area contributed by atoms with E-state index in [-0.39, 0.29) is 12.5 Å². The molecule has 23 heavy (non-hydrogen) atoms. The Morgan fingerprint density at radius 1 is 1.39 bits per heavy atom. The summed E-state index contributed by atoms with van der Waals surface area (Å²) in [6.07, 6.45) is 8.31. The molecule has 2 rings (SSSR count). The van der Waals surface area contributed by atoms with Gasteiger partial charge in [0.25, 0.3) is 0 Å². The Bertz CT molecular complexity index is 588. The average molecular weight is 318 g/mol. The van der Waals surface area contributed by atoms with Crippen molar-refractivity contribution in [3.63, 3.8) is 0 Å². The zero-order chi connectivity index (χ0) is 16.5. The Balaban J connectivity index is 2.04. The van der Waals surface area contributed by atoms with E-state index < -0.39 is 0 Å². The van der Waals surface area contributed by atoms with Gasteiger partial charge in [0.15, 0.2) is 0 Å². The second-order valence-electron chi connectivity index (χ2n) is 5.49. The number of carbonyl (C=O) groups excluding carboxylic acids is 1. The number of hydrogen-bond acceptors (Lipinski definition) is 6. The van der Waals surface area contributed by atoms with Crippen LogP contribution >= 0.6 is 0 Å². The summed E-state index contributed by atoms with van der Waals surface area (Å²) in [7, 11) is 0. The molecule has 0 unspecified atom stereocenters. The van der Waals surface area contributed by atoms with Crippen molar-refractivity contribution in [2.24, 2.45) is 0 Å². The normalized spacial score (nSPS) is 12.1. The second kappa shape index (κ2) is 8.99. The number of amides is 1. The van der Waals surface area contributed by atoms with Crippen molar-refractivity contribution in [1.82, 2.24) is 20.2 Å². The highest BCUT2D eigenvalue weighted by atomic mass is 16.5. The number of aromatic nitrogens is 3. The van der Waals surface area contributed by atoms with Crippen LogP contribution in [0.15, 0.2) is 28.9 Å². The molecule has 0 fully saturated rings. The molecular formula is C16H22N4O3. The Hall–Kier alpha value is -2.28.